The SMILES string of the molecule is Clc1ccc(POc2ccc3ccccc3c2-c2c(OPc3ccc(Cl)cc3)ccc3ccccc23)cc1. The summed E-state index contributed by atoms with van der Waals surface area (Å²) in [5.74, 6) is 1.63. The standard InChI is InChI=1S/C32H22Cl2O2P2/c33-23-11-15-25(16-12-23)37-35-29-19-9-21-5-1-3-7-27(21)31(29)32-28-8-4-2-6-22(28)10-20-30(32)36-38-26-17-13-24(34)14-18-26/h1-20,37-38H. The Kier molecular flexibility index (Phi) is 7.50. The molecule has 186 valence electrons. The maximum atomic E-state index is 6.52. The molecule has 0 saturated heterocycles. The molecular weight excluding hydrogens is 549 g/mol. The van der Waals surface area contributed by atoms with Crippen LogP contribution in [-0.4, -0.2) is 0 Å². The summed E-state index contributed by atoms with van der Waals surface area (Å²) in [6.07, 6.45) is 0. The number of benzene rings is 6. The van der Waals surface area contributed by atoms with Crippen molar-refractivity contribution in [3.63, 3.8) is 0 Å². The molecule has 0 aliphatic heterocycles. The van der Waals surface area contributed by atoms with Gasteiger partial charge < -0.3 is 9.05 Å². The molecule has 0 N–H and O–H groups in total. The quantitative estimate of drug-likeness (QED) is 0.178. The summed E-state index contributed by atoms with van der Waals surface area (Å²) in [7, 11) is 0.263. The first-order valence-corrected chi connectivity index (χ1v) is 14.6. The fourth-order valence-corrected chi connectivity index (χ4v) is 6.11. The predicted octanol–water partition coefficient (Wildman–Crippen LogP) is 9.56. The van der Waals surface area contributed by atoms with Crippen molar-refractivity contribution < 1.29 is 9.05 Å². The lowest BCUT2D eigenvalue weighted by Gasteiger charge is -2.19. The lowest BCUT2D eigenvalue weighted by molar-refractivity contribution is 0.632. The van der Waals surface area contributed by atoms with Gasteiger partial charge in [-0.2, -0.15) is 0 Å². The molecule has 38 heavy (non-hydrogen) atoms. The first kappa shape index (κ1) is 25.2. The van der Waals surface area contributed by atoms with Crippen molar-refractivity contribution in [1.82, 2.24) is 0 Å². The summed E-state index contributed by atoms with van der Waals surface area (Å²) in [6, 6.07) is 40.7. The highest BCUT2D eigenvalue weighted by molar-refractivity contribution is 7.42. The molecule has 2 nitrogen and oxygen atoms in total. The maximum absolute atomic E-state index is 6.52. The van der Waals surface area contributed by atoms with Crippen LogP contribution in [0.2, 0.25) is 10.0 Å². The fourth-order valence-electron chi connectivity index (χ4n) is 4.45. The number of fused-ring (bicyclic) bond motifs is 2. The van der Waals surface area contributed by atoms with Crippen LogP contribution in [0.1, 0.15) is 0 Å². The van der Waals surface area contributed by atoms with Crippen molar-refractivity contribution in [2.24, 2.45) is 0 Å². The van der Waals surface area contributed by atoms with E-state index in [0.717, 1.165) is 54.8 Å². The van der Waals surface area contributed by atoms with Crippen LogP contribution in [0, 0.1) is 0 Å². The van der Waals surface area contributed by atoms with E-state index in [9.17, 15) is 0 Å². The largest absolute Gasteiger partial charge is 0.472 e. The first-order chi connectivity index (χ1) is 18.7. The second-order valence-corrected chi connectivity index (χ2v) is 11.6. The van der Waals surface area contributed by atoms with Gasteiger partial charge in [-0.15, -0.1) is 0 Å². The average Bonchev–Trinajstić information content (AvgIpc) is 2.96. The highest BCUT2D eigenvalue weighted by atomic mass is 35.5. The van der Waals surface area contributed by atoms with Gasteiger partial charge in [0.15, 0.2) is 0 Å². The van der Waals surface area contributed by atoms with Crippen LogP contribution < -0.4 is 19.7 Å². The fraction of sp³-hybridized carbons (Fsp3) is 0. The average molecular weight is 571 g/mol. The molecule has 0 bridgehead atoms. The molecule has 6 aromatic rings. The molecule has 0 aliphatic rings. The molecule has 6 heteroatoms. The van der Waals surface area contributed by atoms with E-state index in [2.05, 4.69) is 72.8 Å². The monoisotopic (exact) mass is 570 g/mol. The van der Waals surface area contributed by atoms with Gasteiger partial charge in [0.05, 0.1) is 0 Å². The number of halogens is 2. The molecule has 6 aromatic carbocycles. The summed E-state index contributed by atoms with van der Waals surface area (Å²) >= 11 is 12.2. The van der Waals surface area contributed by atoms with E-state index in [0.29, 0.717) is 10.0 Å². The van der Waals surface area contributed by atoms with Crippen LogP contribution in [0.25, 0.3) is 32.7 Å². The predicted molar refractivity (Wildman–Crippen MR) is 167 cm³/mol. The van der Waals surface area contributed by atoms with Gasteiger partial charge in [0.2, 0.25) is 0 Å². The summed E-state index contributed by atoms with van der Waals surface area (Å²) < 4.78 is 13.0. The smallest absolute Gasteiger partial charge is 0.132 e. The Morgan fingerprint density at radius 1 is 0.421 bits per heavy atom. The molecule has 0 fully saturated rings. The van der Waals surface area contributed by atoms with E-state index in [1.807, 2.05) is 48.5 Å². The van der Waals surface area contributed by atoms with Gasteiger partial charge in [-0.3, -0.25) is 0 Å². The molecule has 0 heterocycles. The van der Waals surface area contributed by atoms with E-state index in [-0.39, 0.29) is 17.6 Å². The third kappa shape index (κ3) is 5.37. The Morgan fingerprint density at radius 3 is 1.24 bits per heavy atom. The van der Waals surface area contributed by atoms with Crippen molar-refractivity contribution in [3.05, 3.63) is 131 Å². The van der Waals surface area contributed by atoms with E-state index >= 15 is 0 Å². The zero-order valence-electron chi connectivity index (χ0n) is 20.1. The van der Waals surface area contributed by atoms with Crippen molar-refractivity contribution in [2.45, 2.75) is 0 Å². The van der Waals surface area contributed by atoms with Gasteiger partial charge in [0.25, 0.3) is 0 Å². The van der Waals surface area contributed by atoms with Gasteiger partial charge in [0, 0.05) is 31.8 Å². The Morgan fingerprint density at radius 2 is 0.816 bits per heavy atom. The summed E-state index contributed by atoms with van der Waals surface area (Å²) in [6.45, 7) is 0. The van der Waals surface area contributed by atoms with Gasteiger partial charge in [-0.05, 0) is 82.2 Å². The Balaban J connectivity index is 1.50. The Hall–Kier alpha value is -3.12. The lowest BCUT2D eigenvalue weighted by Crippen LogP contribution is -1.99. The van der Waals surface area contributed by atoms with Crippen molar-refractivity contribution >= 4 is 73.0 Å². The summed E-state index contributed by atoms with van der Waals surface area (Å²) in [4.78, 5) is 0. The molecular formula is C32H22Cl2O2P2. The van der Waals surface area contributed by atoms with Crippen LogP contribution in [0.15, 0.2) is 121 Å². The molecule has 0 aliphatic carbocycles. The van der Waals surface area contributed by atoms with Crippen LogP contribution in [0.3, 0.4) is 0 Å². The van der Waals surface area contributed by atoms with Gasteiger partial charge in [-0.25, -0.2) is 0 Å². The van der Waals surface area contributed by atoms with Crippen molar-refractivity contribution in [1.29, 1.82) is 0 Å². The summed E-state index contributed by atoms with van der Waals surface area (Å²) in [5, 5.41) is 8.09. The maximum Gasteiger partial charge on any atom is 0.132 e. The molecule has 0 amide bonds. The highest BCUT2D eigenvalue weighted by Gasteiger charge is 2.19. The van der Waals surface area contributed by atoms with Crippen molar-refractivity contribution in [2.75, 3.05) is 0 Å². The zero-order chi connectivity index (χ0) is 25.9. The highest BCUT2D eigenvalue weighted by Crippen LogP contribution is 2.47. The third-order valence-corrected chi connectivity index (χ3v) is 8.56. The van der Waals surface area contributed by atoms with Gasteiger partial charge in [0.1, 0.15) is 29.1 Å². The van der Waals surface area contributed by atoms with Gasteiger partial charge in [-0.1, -0.05) is 83.9 Å². The minimum Gasteiger partial charge on any atom is -0.472 e. The molecule has 2 unspecified atom stereocenters. The van der Waals surface area contributed by atoms with Gasteiger partial charge >= 0.3 is 0 Å². The normalized spacial score (nSPS) is 11.7. The minimum absolute atomic E-state index is 0.131. The third-order valence-electron chi connectivity index (χ3n) is 6.28. The molecule has 0 saturated carbocycles. The number of hydrogen-bond acceptors (Lipinski definition) is 2. The molecule has 0 aromatic heterocycles. The molecule has 6 rings (SSSR count). The molecule has 0 spiro atoms. The Bertz CT molecular complexity index is 1610. The second-order valence-electron chi connectivity index (χ2n) is 8.74. The van der Waals surface area contributed by atoms with Crippen molar-refractivity contribution in [3.8, 4) is 22.6 Å². The second kappa shape index (κ2) is 11.3. The Labute approximate surface area is 235 Å². The lowest BCUT2D eigenvalue weighted by atomic mass is 9.92. The van der Waals surface area contributed by atoms with E-state index < -0.39 is 0 Å². The van der Waals surface area contributed by atoms with E-state index in [1.54, 1.807) is 0 Å². The number of hydrogen-bond donors (Lipinski definition) is 0. The van der Waals surface area contributed by atoms with Crippen LogP contribution in [-0.2, 0) is 0 Å². The van der Waals surface area contributed by atoms with E-state index in [4.69, 9.17) is 32.2 Å². The first-order valence-electron chi connectivity index (χ1n) is 12.1. The zero-order valence-corrected chi connectivity index (χ0v) is 23.6. The van der Waals surface area contributed by atoms with Crippen LogP contribution in [0.5, 0.6) is 11.5 Å². The molecule has 0 radical (unpaired) electrons. The van der Waals surface area contributed by atoms with E-state index in [1.165, 1.54) is 0 Å². The minimum atomic E-state index is 0.131. The van der Waals surface area contributed by atoms with Crippen LogP contribution in [0.4, 0.5) is 0 Å². The summed E-state index contributed by atoms with van der Waals surface area (Å²) in [5.41, 5.74) is 2.05. The number of rotatable bonds is 7. The topological polar surface area (TPSA) is 18.5 Å². The van der Waals surface area contributed by atoms with Crippen LogP contribution >= 0.6 is 40.8 Å². The molecule has 2 atom stereocenters.